The molecule has 0 aliphatic rings. The molecule has 0 fully saturated rings. The number of nitrogens with one attached hydrogen (secondary N) is 1. The molecule has 0 radical (unpaired) electrons. The number of methoxy groups -OCH3 is 1. The molecule has 1 atom stereocenters. The Hall–Kier alpha value is -2.78. The average molecular weight is 524 g/mol. The number of hydrogen-bond donors (Lipinski definition) is 1. The van der Waals surface area contributed by atoms with Crippen LogP contribution >= 0.6 is 11.6 Å². The summed E-state index contributed by atoms with van der Waals surface area (Å²) in [6.07, 6.45) is 1.03. The van der Waals surface area contributed by atoms with Crippen LogP contribution < -0.4 is 14.4 Å². The lowest BCUT2D eigenvalue weighted by Crippen LogP contribution is -2.51. The van der Waals surface area contributed by atoms with Crippen molar-refractivity contribution in [1.29, 1.82) is 0 Å². The van der Waals surface area contributed by atoms with E-state index in [1.165, 1.54) is 11.0 Å². The largest absolute Gasteiger partial charge is 0.497 e. The molecule has 1 N–H and O–H groups in total. The Labute approximate surface area is 213 Å². The second kappa shape index (κ2) is 12.3. The quantitative estimate of drug-likeness (QED) is 0.485. The molecule has 2 rings (SSSR count). The third kappa shape index (κ3) is 8.14. The van der Waals surface area contributed by atoms with Gasteiger partial charge in [-0.2, -0.15) is 0 Å². The molecular formula is C25H34ClN3O5S. The van der Waals surface area contributed by atoms with E-state index < -0.39 is 28.5 Å². The standard InChI is InChI=1S/C25H34ClN3O5S/c1-17(2)14-27-25(31)19(4)28(15-20-8-11-22(34-5)12-9-20)24(30)16-29(35(6,32)33)23-13-21(26)10-7-18(23)3/h7-13,17,19H,14-16H2,1-6H3,(H,27,31)/t19-/m1/s1. The summed E-state index contributed by atoms with van der Waals surface area (Å²) in [5.41, 5.74) is 1.74. The molecule has 0 heterocycles. The minimum Gasteiger partial charge on any atom is -0.497 e. The third-order valence-corrected chi connectivity index (χ3v) is 6.84. The van der Waals surface area contributed by atoms with Gasteiger partial charge in [-0.1, -0.05) is 43.6 Å². The summed E-state index contributed by atoms with van der Waals surface area (Å²) < 4.78 is 31.6. The van der Waals surface area contributed by atoms with Crippen molar-refractivity contribution in [2.24, 2.45) is 5.92 Å². The van der Waals surface area contributed by atoms with E-state index in [-0.39, 0.29) is 18.4 Å². The van der Waals surface area contributed by atoms with Crippen LogP contribution in [0.15, 0.2) is 42.5 Å². The Morgan fingerprint density at radius 1 is 1.09 bits per heavy atom. The topological polar surface area (TPSA) is 96.0 Å². The first kappa shape index (κ1) is 28.5. The molecule has 8 nitrogen and oxygen atoms in total. The minimum absolute atomic E-state index is 0.116. The lowest BCUT2D eigenvalue weighted by molar-refractivity contribution is -0.139. The second-order valence-electron chi connectivity index (χ2n) is 8.89. The van der Waals surface area contributed by atoms with Crippen molar-refractivity contribution in [2.45, 2.75) is 40.3 Å². The highest BCUT2D eigenvalue weighted by Gasteiger charge is 2.30. The number of sulfonamides is 1. The first-order chi connectivity index (χ1) is 16.3. The van der Waals surface area contributed by atoms with Gasteiger partial charge in [0.25, 0.3) is 0 Å². The van der Waals surface area contributed by atoms with Crippen molar-refractivity contribution < 1.29 is 22.7 Å². The predicted octanol–water partition coefficient (Wildman–Crippen LogP) is 3.61. The lowest BCUT2D eigenvalue weighted by atomic mass is 10.1. The van der Waals surface area contributed by atoms with E-state index >= 15 is 0 Å². The molecule has 0 bridgehead atoms. The molecule has 0 aliphatic heterocycles. The average Bonchev–Trinajstić information content (AvgIpc) is 2.80. The lowest BCUT2D eigenvalue weighted by Gasteiger charge is -2.32. The molecule has 2 aromatic carbocycles. The van der Waals surface area contributed by atoms with Crippen LogP contribution in [0.3, 0.4) is 0 Å². The third-order valence-electron chi connectivity index (χ3n) is 5.48. The van der Waals surface area contributed by atoms with Crippen molar-refractivity contribution in [3.63, 3.8) is 0 Å². The maximum absolute atomic E-state index is 13.6. The number of ether oxygens (including phenoxy) is 1. The van der Waals surface area contributed by atoms with E-state index in [2.05, 4.69) is 5.32 Å². The first-order valence-corrected chi connectivity index (χ1v) is 13.5. The Balaban J connectivity index is 2.40. The molecule has 35 heavy (non-hydrogen) atoms. The molecule has 0 saturated heterocycles. The summed E-state index contributed by atoms with van der Waals surface area (Å²) in [4.78, 5) is 27.8. The van der Waals surface area contributed by atoms with Crippen LogP contribution in [0.4, 0.5) is 5.69 Å². The first-order valence-electron chi connectivity index (χ1n) is 11.3. The predicted molar refractivity (Wildman–Crippen MR) is 139 cm³/mol. The van der Waals surface area contributed by atoms with E-state index in [9.17, 15) is 18.0 Å². The molecule has 0 saturated carbocycles. The van der Waals surface area contributed by atoms with E-state index in [4.69, 9.17) is 16.3 Å². The molecule has 0 aliphatic carbocycles. The van der Waals surface area contributed by atoms with Crippen LogP contribution in [0.25, 0.3) is 0 Å². The van der Waals surface area contributed by atoms with Gasteiger partial charge in [0.15, 0.2) is 0 Å². The molecule has 2 aromatic rings. The highest BCUT2D eigenvalue weighted by Crippen LogP contribution is 2.27. The smallest absolute Gasteiger partial charge is 0.244 e. The Bertz CT molecular complexity index is 1140. The van der Waals surface area contributed by atoms with Gasteiger partial charge in [0.05, 0.1) is 19.1 Å². The molecule has 2 amide bonds. The molecule has 0 unspecified atom stereocenters. The van der Waals surface area contributed by atoms with Gasteiger partial charge in [-0.25, -0.2) is 8.42 Å². The van der Waals surface area contributed by atoms with Gasteiger partial charge in [0, 0.05) is 18.1 Å². The van der Waals surface area contributed by atoms with Gasteiger partial charge in [0.1, 0.15) is 18.3 Å². The number of anilines is 1. The normalized spacial score (nSPS) is 12.2. The van der Waals surface area contributed by atoms with Crippen molar-refractivity contribution >= 4 is 39.1 Å². The number of amides is 2. The van der Waals surface area contributed by atoms with Gasteiger partial charge in [-0.15, -0.1) is 0 Å². The van der Waals surface area contributed by atoms with Gasteiger partial charge in [0.2, 0.25) is 21.8 Å². The van der Waals surface area contributed by atoms with E-state index in [1.807, 2.05) is 13.8 Å². The van der Waals surface area contributed by atoms with Crippen LogP contribution in [0, 0.1) is 12.8 Å². The minimum atomic E-state index is -3.82. The van der Waals surface area contributed by atoms with E-state index in [1.54, 1.807) is 57.4 Å². The van der Waals surface area contributed by atoms with Crippen LogP contribution in [0.2, 0.25) is 5.02 Å². The zero-order valence-corrected chi connectivity index (χ0v) is 22.6. The van der Waals surface area contributed by atoms with Crippen LogP contribution in [0.1, 0.15) is 31.9 Å². The van der Waals surface area contributed by atoms with Gasteiger partial charge < -0.3 is 15.0 Å². The zero-order valence-electron chi connectivity index (χ0n) is 21.0. The Morgan fingerprint density at radius 2 is 1.71 bits per heavy atom. The van der Waals surface area contributed by atoms with Crippen LogP contribution in [-0.2, 0) is 26.2 Å². The van der Waals surface area contributed by atoms with Crippen molar-refractivity contribution in [3.8, 4) is 5.75 Å². The van der Waals surface area contributed by atoms with Gasteiger partial charge in [-0.05, 0) is 55.2 Å². The van der Waals surface area contributed by atoms with Crippen molar-refractivity contribution in [1.82, 2.24) is 10.2 Å². The van der Waals surface area contributed by atoms with Crippen LogP contribution in [0.5, 0.6) is 5.75 Å². The monoisotopic (exact) mass is 523 g/mol. The molecule has 192 valence electrons. The number of benzene rings is 2. The summed E-state index contributed by atoms with van der Waals surface area (Å²) in [5, 5.41) is 3.20. The highest BCUT2D eigenvalue weighted by atomic mass is 35.5. The molecular weight excluding hydrogens is 490 g/mol. The molecule has 0 spiro atoms. The summed E-state index contributed by atoms with van der Waals surface area (Å²) in [6, 6.07) is 11.2. The van der Waals surface area contributed by atoms with Crippen molar-refractivity contribution in [3.05, 3.63) is 58.6 Å². The summed E-state index contributed by atoms with van der Waals surface area (Å²) in [6.45, 7) is 7.43. The number of carbonyl (C=O) groups excluding carboxylic acids is 2. The fourth-order valence-electron chi connectivity index (χ4n) is 3.41. The number of aryl methyl sites for hydroxylation is 1. The molecule has 0 aromatic heterocycles. The Morgan fingerprint density at radius 3 is 2.26 bits per heavy atom. The molecule has 10 heteroatoms. The maximum atomic E-state index is 13.6. The van der Waals surface area contributed by atoms with Crippen LogP contribution in [-0.4, -0.2) is 57.6 Å². The zero-order chi connectivity index (χ0) is 26.3. The summed E-state index contributed by atoms with van der Waals surface area (Å²) >= 11 is 6.11. The second-order valence-corrected chi connectivity index (χ2v) is 11.2. The maximum Gasteiger partial charge on any atom is 0.244 e. The number of carbonyl (C=O) groups is 2. The van der Waals surface area contributed by atoms with Crippen molar-refractivity contribution in [2.75, 3.05) is 30.8 Å². The van der Waals surface area contributed by atoms with Gasteiger partial charge in [-0.3, -0.25) is 13.9 Å². The number of halogens is 1. The fourth-order valence-corrected chi connectivity index (χ4v) is 4.47. The number of rotatable bonds is 11. The SMILES string of the molecule is COc1ccc(CN(C(=O)CN(c2cc(Cl)ccc2C)S(C)(=O)=O)[C@H](C)C(=O)NCC(C)C)cc1. The highest BCUT2D eigenvalue weighted by molar-refractivity contribution is 7.92. The summed E-state index contributed by atoms with van der Waals surface area (Å²) in [7, 11) is -2.27. The number of hydrogen-bond acceptors (Lipinski definition) is 5. The summed E-state index contributed by atoms with van der Waals surface area (Å²) in [5.74, 6) is 0.0701. The van der Waals surface area contributed by atoms with E-state index in [0.29, 0.717) is 28.6 Å². The Kier molecular flexibility index (Phi) is 9.97. The van der Waals surface area contributed by atoms with Gasteiger partial charge >= 0.3 is 0 Å². The number of nitrogens with zero attached hydrogens (tertiary/aromatic N) is 2. The van der Waals surface area contributed by atoms with E-state index in [0.717, 1.165) is 16.1 Å². The fraction of sp³-hybridized carbons (Fsp3) is 0.440.